The molecular formula is C19H34O2. The first-order valence-corrected chi connectivity index (χ1v) is 8.31. The number of rotatable bonds is 7. The predicted molar refractivity (Wildman–Crippen MR) is 92.7 cm³/mol. The van der Waals surface area contributed by atoms with Crippen LogP contribution in [-0.2, 0) is 11.2 Å². The summed E-state index contributed by atoms with van der Waals surface area (Å²) in [6.07, 6.45) is 4.19. The van der Waals surface area contributed by atoms with Crippen molar-refractivity contribution in [2.75, 3.05) is 0 Å². The lowest BCUT2D eigenvalue weighted by Crippen LogP contribution is -2.21. The number of carboxylic acids is 1. The highest BCUT2D eigenvalue weighted by molar-refractivity contribution is 5.67. The normalized spacial score (nSPS) is 12.1. The molecule has 0 radical (unpaired) electrons. The first kappa shape index (κ1) is 22.0. The van der Waals surface area contributed by atoms with Crippen LogP contribution in [0.1, 0.15) is 72.8 Å². The molecule has 21 heavy (non-hydrogen) atoms. The van der Waals surface area contributed by atoms with E-state index in [1.807, 2.05) is 45.9 Å². The van der Waals surface area contributed by atoms with Crippen LogP contribution in [0.5, 0.6) is 0 Å². The fourth-order valence-corrected chi connectivity index (χ4v) is 2.36. The molecular weight excluding hydrogens is 260 g/mol. The summed E-state index contributed by atoms with van der Waals surface area (Å²) in [5, 5.41) is 8.97. The molecule has 0 aromatic heterocycles. The van der Waals surface area contributed by atoms with E-state index in [9.17, 15) is 4.79 Å². The molecule has 0 spiro atoms. The summed E-state index contributed by atoms with van der Waals surface area (Å²) in [7, 11) is 0. The molecule has 1 rings (SSSR count). The Balaban J connectivity index is 0. The fraction of sp³-hybridized carbons (Fsp3) is 0.632. The molecule has 1 aromatic rings. The molecule has 1 aromatic carbocycles. The Kier molecular flexibility index (Phi) is 14.3. The zero-order valence-electron chi connectivity index (χ0n) is 14.8. The van der Waals surface area contributed by atoms with Gasteiger partial charge in [-0.25, -0.2) is 0 Å². The lowest BCUT2D eigenvalue weighted by Gasteiger charge is -2.27. The van der Waals surface area contributed by atoms with Crippen LogP contribution in [0.25, 0.3) is 0 Å². The van der Waals surface area contributed by atoms with Crippen LogP contribution in [0.15, 0.2) is 30.3 Å². The van der Waals surface area contributed by atoms with Crippen LogP contribution in [0.3, 0.4) is 0 Å². The monoisotopic (exact) mass is 294 g/mol. The maximum atomic E-state index is 10.9. The zero-order valence-corrected chi connectivity index (χ0v) is 14.8. The number of carbonyl (C=O) groups is 1. The van der Waals surface area contributed by atoms with Crippen molar-refractivity contribution in [1.82, 2.24) is 0 Å². The Morgan fingerprint density at radius 3 is 2.00 bits per heavy atom. The summed E-state index contributed by atoms with van der Waals surface area (Å²) in [6, 6.07) is 10.3. The molecule has 122 valence electrons. The first-order valence-electron chi connectivity index (χ1n) is 8.31. The number of carboxylic acid groups (broad SMARTS) is 1. The summed E-state index contributed by atoms with van der Waals surface area (Å²) >= 11 is 0. The van der Waals surface area contributed by atoms with Gasteiger partial charge in [0, 0.05) is 0 Å². The molecule has 0 aliphatic carbocycles. The Hall–Kier alpha value is -1.31. The highest BCUT2D eigenvalue weighted by Gasteiger charge is 2.26. The van der Waals surface area contributed by atoms with Crippen LogP contribution in [-0.4, -0.2) is 11.1 Å². The van der Waals surface area contributed by atoms with Gasteiger partial charge in [0.05, 0.1) is 6.42 Å². The number of hydrogen-bond donors (Lipinski definition) is 1. The molecule has 1 N–H and O–H groups in total. The lowest BCUT2D eigenvalue weighted by atomic mass is 9.77. The van der Waals surface area contributed by atoms with Crippen molar-refractivity contribution in [2.45, 2.75) is 73.6 Å². The van der Waals surface area contributed by atoms with Crippen molar-refractivity contribution in [3.05, 3.63) is 35.9 Å². The second-order valence-corrected chi connectivity index (χ2v) is 5.12. The molecule has 0 aliphatic heterocycles. The Bertz CT molecular complexity index is 346. The minimum atomic E-state index is -0.686. The average molecular weight is 294 g/mol. The zero-order chi connectivity index (χ0) is 16.7. The number of aryl methyl sites for hydroxylation is 1. The maximum absolute atomic E-state index is 10.9. The molecule has 0 fully saturated rings. The van der Waals surface area contributed by atoms with Crippen LogP contribution in [0.4, 0.5) is 0 Å². The van der Waals surface area contributed by atoms with E-state index in [2.05, 4.69) is 26.0 Å². The molecule has 0 heterocycles. The molecule has 1 atom stereocenters. The van der Waals surface area contributed by atoms with Crippen molar-refractivity contribution >= 4 is 5.97 Å². The van der Waals surface area contributed by atoms with Crippen LogP contribution in [0, 0.1) is 5.41 Å². The molecule has 0 saturated carbocycles. The third-order valence-electron chi connectivity index (χ3n) is 3.29. The highest BCUT2D eigenvalue weighted by atomic mass is 16.4. The summed E-state index contributed by atoms with van der Waals surface area (Å²) in [5.41, 5.74) is 1.22. The van der Waals surface area contributed by atoms with Gasteiger partial charge in [-0.3, -0.25) is 4.79 Å². The minimum Gasteiger partial charge on any atom is -0.481 e. The fourth-order valence-electron chi connectivity index (χ4n) is 2.36. The summed E-state index contributed by atoms with van der Waals surface area (Å²) in [4.78, 5) is 10.9. The Labute approximate surface area is 131 Å². The Morgan fingerprint density at radius 1 is 1.05 bits per heavy atom. The van der Waals surface area contributed by atoms with Crippen LogP contribution in [0.2, 0.25) is 0 Å². The SMILES string of the molecule is CC.CC.CCC[C@@](C)(CCc1ccccc1)CC(=O)O. The van der Waals surface area contributed by atoms with Gasteiger partial charge in [0.25, 0.3) is 0 Å². The van der Waals surface area contributed by atoms with Crippen molar-refractivity contribution in [3.63, 3.8) is 0 Å². The quantitative estimate of drug-likeness (QED) is 0.674. The van der Waals surface area contributed by atoms with E-state index in [4.69, 9.17) is 5.11 Å². The highest BCUT2D eigenvalue weighted by Crippen LogP contribution is 2.33. The van der Waals surface area contributed by atoms with Gasteiger partial charge in [0.1, 0.15) is 0 Å². The van der Waals surface area contributed by atoms with Gasteiger partial charge in [-0.15, -0.1) is 0 Å². The molecule has 2 nitrogen and oxygen atoms in total. The van der Waals surface area contributed by atoms with Gasteiger partial charge in [-0.1, -0.05) is 78.3 Å². The summed E-state index contributed by atoms with van der Waals surface area (Å²) in [6.45, 7) is 12.2. The number of benzene rings is 1. The number of hydrogen-bond acceptors (Lipinski definition) is 1. The molecule has 0 bridgehead atoms. The van der Waals surface area contributed by atoms with E-state index >= 15 is 0 Å². The topological polar surface area (TPSA) is 37.3 Å². The standard InChI is InChI=1S/C15H22O2.2C2H6/c1-3-10-15(2,12-14(16)17)11-9-13-7-5-4-6-8-13;2*1-2/h4-8H,3,9-12H2,1-2H3,(H,16,17);2*1-2H3/t15-;;/m0../s1. The third kappa shape index (κ3) is 11.1. The van der Waals surface area contributed by atoms with E-state index in [0.29, 0.717) is 0 Å². The van der Waals surface area contributed by atoms with Gasteiger partial charge in [-0.05, 0) is 30.2 Å². The van der Waals surface area contributed by atoms with Gasteiger partial charge >= 0.3 is 5.97 Å². The molecule has 0 aliphatic rings. The average Bonchev–Trinajstić information content (AvgIpc) is 2.50. The van der Waals surface area contributed by atoms with Crippen molar-refractivity contribution < 1.29 is 9.90 Å². The molecule has 2 heteroatoms. The maximum Gasteiger partial charge on any atom is 0.303 e. The van der Waals surface area contributed by atoms with Gasteiger partial charge in [0.15, 0.2) is 0 Å². The van der Waals surface area contributed by atoms with Gasteiger partial charge in [-0.2, -0.15) is 0 Å². The third-order valence-corrected chi connectivity index (χ3v) is 3.29. The van der Waals surface area contributed by atoms with E-state index < -0.39 is 5.97 Å². The number of aliphatic carboxylic acids is 1. The van der Waals surface area contributed by atoms with Crippen molar-refractivity contribution in [3.8, 4) is 0 Å². The summed E-state index contributed by atoms with van der Waals surface area (Å²) in [5.74, 6) is -0.686. The van der Waals surface area contributed by atoms with Crippen LogP contribution >= 0.6 is 0 Å². The van der Waals surface area contributed by atoms with Crippen LogP contribution < -0.4 is 0 Å². The van der Waals surface area contributed by atoms with Gasteiger partial charge in [0.2, 0.25) is 0 Å². The van der Waals surface area contributed by atoms with E-state index in [-0.39, 0.29) is 11.8 Å². The minimum absolute atomic E-state index is 0.0730. The smallest absolute Gasteiger partial charge is 0.303 e. The molecule has 0 saturated heterocycles. The lowest BCUT2D eigenvalue weighted by molar-refractivity contribution is -0.139. The molecule has 0 unspecified atom stereocenters. The Morgan fingerprint density at radius 2 is 1.57 bits per heavy atom. The second kappa shape index (κ2) is 13.7. The van der Waals surface area contributed by atoms with E-state index in [0.717, 1.165) is 25.7 Å². The predicted octanol–water partition coefficient (Wildman–Crippen LogP) is 5.95. The molecule has 0 amide bonds. The van der Waals surface area contributed by atoms with Gasteiger partial charge < -0.3 is 5.11 Å². The first-order chi connectivity index (χ1) is 10.1. The second-order valence-electron chi connectivity index (χ2n) is 5.12. The van der Waals surface area contributed by atoms with Crippen molar-refractivity contribution in [2.24, 2.45) is 5.41 Å². The van der Waals surface area contributed by atoms with Crippen molar-refractivity contribution in [1.29, 1.82) is 0 Å². The van der Waals surface area contributed by atoms with E-state index in [1.54, 1.807) is 0 Å². The van der Waals surface area contributed by atoms with E-state index in [1.165, 1.54) is 5.56 Å². The summed E-state index contributed by atoms with van der Waals surface area (Å²) < 4.78 is 0. The largest absolute Gasteiger partial charge is 0.481 e.